The van der Waals surface area contributed by atoms with Gasteiger partial charge >= 0.3 is 0 Å². The van der Waals surface area contributed by atoms with Crippen molar-refractivity contribution in [3.8, 4) is 0 Å². The van der Waals surface area contributed by atoms with Crippen LogP contribution in [0.5, 0.6) is 0 Å². The van der Waals surface area contributed by atoms with Gasteiger partial charge in [-0.1, -0.05) is 17.7 Å². The van der Waals surface area contributed by atoms with Gasteiger partial charge in [-0.3, -0.25) is 9.59 Å². The van der Waals surface area contributed by atoms with Gasteiger partial charge in [0.15, 0.2) is 5.13 Å². The highest BCUT2D eigenvalue weighted by atomic mass is 32.1. The van der Waals surface area contributed by atoms with Crippen LogP contribution in [0.25, 0.3) is 0 Å². The Bertz CT molecular complexity index is 770. The number of carbonyl (C=O) groups excluding carboxylic acids is 2. The van der Waals surface area contributed by atoms with Crippen LogP contribution in [0, 0.1) is 26.7 Å². The first-order valence-electron chi connectivity index (χ1n) is 8.05. The highest BCUT2D eigenvalue weighted by Crippen LogP contribution is 2.30. The SMILES string of the molecule is Cc1cc(C)c(NC(=O)Cc2csc(NC(=O)C3CC3)n2)c(C)c1. The van der Waals surface area contributed by atoms with E-state index in [9.17, 15) is 9.59 Å². The zero-order valence-corrected chi connectivity index (χ0v) is 14.9. The van der Waals surface area contributed by atoms with Gasteiger partial charge in [0.05, 0.1) is 12.1 Å². The highest BCUT2D eigenvalue weighted by molar-refractivity contribution is 7.13. The summed E-state index contributed by atoms with van der Waals surface area (Å²) in [7, 11) is 0. The molecule has 24 heavy (non-hydrogen) atoms. The number of nitrogens with zero attached hydrogens (tertiary/aromatic N) is 1. The average Bonchev–Trinajstić information content (AvgIpc) is 3.26. The summed E-state index contributed by atoms with van der Waals surface area (Å²) in [4.78, 5) is 28.3. The molecule has 6 heteroatoms. The molecule has 0 unspecified atom stereocenters. The van der Waals surface area contributed by atoms with Crippen molar-refractivity contribution < 1.29 is 9.59 Å². The second-order valence-corrected chi connectivity index (χ2v) is 7.26. The van der Waals surface area contributed by atoms with Crippen LogP contribution in [0.1, 0.15) is 35.2 Å². The number of aromatic nitrogens is 1. The number of carbonyl (C=O) groups is 2. The van der Waals surface area contributed by atoms with Gasteiger partial charge in [0, 0.05) is 17.0 Å². The predicted molar refractivity (Wildman–Crippen MR) is 96.5 cm³/mol. The molecule has 2 amide bonds. The lowest BCUT2D eigenvalue weighted by atomic mass is 10.0. The first kappa shape index (κ1) is 16.6. The largest absolute Gasteiger partial charge is 0.325 e. The maximum atomic E-state index is 12.3. The number of benzene rings is 1. The Morgan fingerprint density at radius 1 is 1.17 bits per heavy atom. The molecule has 0 saturated heterocycles. The van der Waals surface area contributed by atoms with Crippen LogP contribution in [0.3, 0.4) is 0 Å². The summed E-state index contributed by atoms with van der Waals surface area (Å²) >= 11 is 1.36. The molecule has 1 saturated carbocycles. The number of hydrogen-bond acceptors (Lipinski definition) is 4. The Balaban J connectivity index is 1.61. The van der Waals surface area contributed by atoms with Gasteiger partial charge < -0.3 is 10.6 Å². The van der Waals surface area contributed by atoms with Crippen molar-refractivity contribution in [2.24, 2.45) is 5.92 Å². The van der Waals surface area contributed by atoms with Crippen LogP contribution in [0.2, 0.25) is 0 Å². The van der Waals surface area contributed by atoms with Crippen LogP contribution in [0.4, 0.5) is 10.8 Å². The minimum atomic E-state index is -0.101. The lowest BCUT2D eigenvalue weighted by Gasteiger charge is -2.12. The van der Waals surface area contributed by atoms with E-state index in [-0.39, 0.29) is 24.2 Å². The topological polar surface area (TPSA) is 71.1 Å². The van der Waals surface area contributed by atoms with Crippen LogP contribution in [0.15, 0.2) is 17.5 Å². The maximum Gasteiger partial charge on any atom is 0.230 e. The number of hydrogen-bond donors (Lipinski definition) is 2. The minimum Gasteiger partial charge on any atom is -0.325 e. The summed E-state index contributed by atoms with van der Waals surface area (Å²) in [5.41, 5.74) is 4.82. The lowest BCUT2D eigenvalue weighted by molar-refractivity contribution is -0.117. The molecule has 1 fully saturated rings. The molecule has 2 aromatic rings. The second-order valence-electron chi connectivity index (χ2n) is 6.41. The summed E-state index contributed by atoms with van der Waals surface area (Å²) in [6.07, 6.45) is 2.12. The monoisotopic (exact) mass is 343 g/mol. The quantitative estimate of drug-likeness (QED) is 0.871. The average molecular weight is 343 g/mol. The molecular weight excluding hydrogens is 322 g/mol. The van der Waals surface area contributed by atoms with Gasteiger partial charge in [-0.2, -0.15) is 0 Å². The Kier molecular flexibility index (Phi) is 4.66. The van der Waals surface area contributed by atoms with Crippen LogP contribution >= 0.6 is 11.3 Å². The maximum absolute atomic E-state index is 12.3. The van der Waals surface area contributed by atoms with E-state index in [2.05, 4.69) is 27.8 Å². The Labute approximate surface area is 145 Å². The van der Waals surface area contributed by atoms with Gasteiger partial charge in [0.1, 0.15) is 0 Å². The van der Waals surface area contributed by atoms with Crippen molar-refractivity contribution >= 4 is 34.0 Å². The van der Waals surface area contributed by atoms with Gasteiger partial charge in [-0.25, -0.2) is 4.98 Å². The number of thiazole rings is 1. The molecule has 0 bridgehead atoms. The van der Waals surface area contributed by atoms with Crippen LogP contribution in [-0.4, -0.2) is 16.8 Å². The standard InChI is InChI=1S/C18H21N3O2S/c1-10-6-11(2)16(12(3)7-10)20-15(22)8-14-9-24-18(19-14)21-17(23)13-4-5-13/h6-7,9,13H,4-5,8H2,1-3H3,(H,20,22)(H,19,21,23). The van der Waals surface area contributed by atoms with Gasteiger partial charge in [-0.05, 0) is 44.7 Å². The second kappa shape index (κ2) is 6.73. The van der Waals surface area contributed by atoms with Crippen molar-refractivity contribution in [1.29, 1.82) is 0 Å². The number of rotatable bonds is 5. The van der Waals surface area contributed by atoms with Gasteiger partial charge in [-0.15, -0.1) is 11.3 Å². The summed E-state index contributed by atoms with van der Waals surface area (Å²) in [5.74, 6) is 0.0785. The Morgan fingerprint density at radius 3 is 2.46 bits per heavy atom. The summed E-state index contributed by atoms with van der Waals surface area (Å²) in [6, 6.07) is 4.11. The normalized spacial score (nSPS) is 13.6. The third-order valence-electron chi connectivity index (χ3n) is 4.01. The molecule has 1 heterocycles. The number of amides is 2. The summed E-state index contributed by atoms with van der Waals surface area (Å²) in [6.45, 7) is 6.02. The zero-order chi connectivity index (χ0) is 17.3. The van der Waals surface area contributed by atoms with Crippen molar-refractivity contribution in [1.82, 2.24) is 4.98 Å². The Morgan fingerprint density at radius 2 is 1.83 bits per heavy atom. The van der Waals surface area contributed by atoms with Crippen LogP contribution in [-0.2, 0) is 16.0 Å². The molecule has 0 radical (unpaired) electrons. The molecule has 1 aromatic heterocycles. The number of nitrogens with one attached hydrogen (secondary N) is 2. The van der Waals surface area contributed by atoms with E-state index in [4.69, 9.17) is 0 Å². The van der Waals surface area contributed by atoms with E-state index in [1.54, 1.807) is 0 Å². The molecule has 3 rings (SSSR count). The van der Waals surface area contributed by atoms with E-state index in [1.165, 1.54) is 16.9 Å². The fraction of sp³-hybridized carbons (Fsp3) is 0.389. The summed E-state index contributed by atoms with van der Waals surface area (Å²) < 4.78 is 0. The summed E-state index contributed by atoms with van der Waals surface area (Å²) in [5, 5.41) is 8.16. The molecule has 1 aliphatic rings. The van der Waals surface area contributed by atoms with E-state index in [0.717, 1.165) is 29.7 Å². The molecule has 0 atom stereocenters. The fourth-order valence-electron chi connectivity index (χ4n) is 2.72. The van der Waals surface area contributed by atoms with Crippen molar-refractivity contribution in [2.45, 2.75) is 40.0 Å². The molecule has 0 spiro atoms. The van der Waals surface area contributed by atoms with Crippen LogP contribution < -0.4 is 10.6 Å². The molecular formula is C18H21N3O2S. The van der Waals surface area contributed by atoms with Gasteiger partial charge in [0.2, 0.25) is 11.8 Å². The zero-order valence-electron chi connectivity index (χ0n) is 14.1. The first-order valence-corrected chi connectivity index (χ1v) is 8.93. The van der Waals surface area contributed by atoms with Crippen molar-refractivity contribution in [3.05, 3.63) is 39.9 Å². The van der Waals surface area contributed by atoms with E-state index in [1.807, 2.05) is 26.2 Å². The molecule has 2 N–H and O–H groups in total. The Hall–Kier alpha value is -2.21. The molecule has 1 aromatic carbocycles. The predicted octanol–water partition coefficient (Wildman–Crippen LogP) is 3.60. The number of anilines is 2. The van der Waals surface area contributed by atoms with E-state index >= 15 is 0 Å². The van der Waals surface area contributed by atoms with E-state index in [0.29, 0.717) is 10.8 Å². The highest BCUT2D eigenvalue weighted by Gasteiger charge is 2.30. The fourth-order valence-corrected chi connectivity index (χ4v) is 3.44. The third kappa shape index (κ3) is 4.00. The minimum absolute atomic E-state index is 0.0336. The van der Waals surface area contributed by atoms with Gasteiger partial charge in [0.25, 0.3) is 0 Å². The van der Waals surface area contributed by atoms with E-state index < -0.39 is 0 Å². The molecule has 126 valence electrons. The smallest absolute Gasteiger partial charge is 0.230 e. The molecule has 0 aliphatic heterocycles. The first-order chi connectivity index (χ1) is 11.4. The molecule has 5 nitrogen and oxygen atoms in total. The van der Waals surface area contributed by atoms with Crippen molar-refractivity contribution in [3.63, 3.8) is 0 Å². The number of aryl methyl sites for hydroxylation is 3. The molecule has 1 aliphatic carbocycles. The van der Waals surface area contributed by atoms with Crippen molar-refractivity contribution in [2.75, 3.05) is 10.6 Å². The third-order valence-corrected chi connectivity index (χ3v) is 4.82. The lowest BCUT2D eigenvalue weighted by Crippen LogP contribution is -2.17.